The van der Waals surface area contributed by atoms with Crippen LogP contribution < -0.4 is 10.6 Å². The molecule has 0 aliphatic carbocycles. The minimum absolute atomic E-state index is 0.502. The molecule has 0 aliphatic rings. The maximum absolute atomic E-state index is 5.22. The molecule has 0 heterocycles. The van der Waals surface area contributed by atoms with Gasteiger partial charge in [-0.25, -0.2) is 0 Å². The molecule has 0 saturated carbocycles. The topological polar surface area (TPSA) is 36.4 Å². The normalized spacial score (nSPS) is 10.9. The smallest absolute Gasteiger partial charge is 0.192 e. The summed E-state index contributed by atoms with van der Waals surface area (Å²) in [6.07, 6.45) is 5.22. The fourth-order valence-electron chi connectivity index (χ4n) is 1.57. The first kappa shape index (κ1) is 16.5. The van der Waals surface area contributed by atoms with Crippen molar-refractivity contribution in [2.45, 2.75) is 19.6 Å². The lowest BCUT2D eigenvalue weighted by atomic mass is 10.2. The molecular formula is C16H23N3S. The third kappa shape index (κ3) is 7.10. The molecule has 4 heteroatoms. The van der Waals surface area contributed by atoms with E-state index in [-0.39, 0.29) is 0 Å². The first-order chi connectivity index (χ1) is 9.76. The number of hydrogen-bond acceptors (Lipinski definition) is 2. The van der Waals surface area contributed by atoms with Gasteiger partial charge in [0.1, 0.15) is 0 Å². The molecule has 0 spiro atoms. The van der Waals surface area contributed by atoms with Crippen molar-refractivity contribution in [2.24, 2.45) is 4.99 Å². The molecule has 0 unspecified atom stereocenters. The lowest BCUT2D eigenvalue weighted by molar-refractivity contribution is 0.874. The van der Waals surface area contributed by atoms with Gasteiger partial charge in [-0.2, -0.15) is 11.8 Å². The number of nitrogens with zero attached hydrogens (tertiary/aromatic N) is 1. The Morgan fingerprint density at radius 2 is 2.05 bits per heavy atom. The van der Waals surface area contributed by atoms with E-state index in [1.165, 1.54) is 11.1 Å². The van der Waals surface area contributed by atoms with Gasteiger partial charge < -0.3 is 10.6 Å². The van der Waals surface area contributed by atoms with Crippen LogP contribution in [0.5, 0.6) is 0 Å². The van der Waals surface area contributed by atoms with Crippen LogP contribution in [0.2, 0.25) is 0 Å². The number of guanidine groups is 1. The van der Waals surface area contributed by atoms with Crippen LogP contribution in [0.3, 0.4) is 0 Å². The second-order valence-electron chi connectivity index (χ2n) is 4.36. The van der Waals surface area contributed by atoms with Crippen molar-refractivity contribution in [3.8, 4) is 12.3 Å². The Kier molecular flexibility index (Phi) is 8.41. The average Bonchev–Trinajstić information content (AvgIpc) is 2.46. The first-order valence-electron chi connectivity index (χ1n) is 6.85. The van der Waals surface area contributed by atoms with Crippen LogP contribution in [0.15, 0.2) is 29.3 Å². The molecule has 0 fully saturated rings. The zero-order chi connectivity index (χ0) is 14.6. The van der Waals surface area contributed by atoms with Crippen molar-refractivity contribution in [3.63, 3.8) is 0 Å². The summed E-state index contributed by atoms with van der Waals surface area (Å²) in [6, 6.07) is 8.68. The molecule has 0 saturated heterocycles. The third-order valence-electron chi connectivity index (χ3n) is 2.60. The van der Waals surface area contributed by atoms with E-state index in [1.807, 2.05) is 18.7 Å². The lowest BCUT2D eigenvalue weighted by Gasteiger charge is -2.08. The highest BCUT2D eigenvalue weighted by Crippen LogP contribution is 2.12. The number of nitrogens with one attached hydrogen (secondary N) is 2. The molecule has 20 heavy (non-hydrogen) atoms. The van der Waals surface area contributed by atoms with E-state index in [4.69, 9.17) is 6.42 Å². The van der Waals surface area contributed by atoms with E-state index in [0.717, 1.165) is 30.6 Å². The Bertz CT molecular complexity index is 446. The summed E-state index contributed by atoms with van der Waals surface area (Å²) in [6.45, 7) is 6.28. The minimum atomic E-state index is 0.502. The van der Waals surface area contributed by atoms with Gasteiger partial charge in [-0.1, -0.05) is 35.7 Å². The van der Waals surface area contributed by atoms with Gasteiger partial charge in [0, 0.05) is 18.1 Å². The van der Waals surface area contributed by atoms with Gasteiger partial charge in [-0.15, -0.1) is 6.42 Å². The van der Waals surface area contributed by atoms with Gasteiger partial charge in [-0.3, -0.25) is 4.99 Å². The van der Waals surface area contributed by atoms with Gasteiger partial charge in [0.15, 0.2) is 5.96 Å². The highest BCUT2D eigenvalue weighted by atomic mass is 32.2. The summed E-state index contributed by atoms with van der Waals surface area (Å²) < 4.78 is 0. The van der Waals surface area contributed by atoms with Gasteiger partial charge in [0.2, 0.25) is 0 Å². The number of thioether (sulfide) groups is 1. The highest BCUT2D eigenvalue weighted by Gasteiger charge is 1.96. The molecule has 0 aliphatic heterocycles. The van der Waals surface area contributed by atoms with E-state index in [1.54, 1.807) is 0 Å². The molecule has 1 aromatic rings. The lowest BCUT2D eigenvalue weighted by Crippen LogP contribution is -2.37. The Balaban J connectivity index is 2.24. The molecule has 0 amide bonds. The molecule has 0 aromatic heterocycles. The van der Waals surface area contributed by atoms with Crippen molar-refractivity contribution in [2.75, 3.05) is 25.4 Å². The maximum Gasteiger partial charge on any atom is 0.192 e. The van der Waals surface area contributed by atoms with Crippen LogP contribution >= 0.6 is 11.8 Å². The fraction of sp³-hybridized carbons (Fsp3) is 0.438. The van der Waals surface area contributed by atoms with Crippen LogP contribution in [0.1, 0.15) is 18.1 Å². The van der Waals surface area contributed by atoms with E-state index in [2.05, 4.69) is 52.7 Å². The predicted octanol–water partition coefficient (Wildman–Crippen LogP) is 2.42. The fourth-order valence-corrected chi connectivity index (χ4v) is 2.37. The molecule has 3 nitrogen and oxygen atoms in total. The predicted molar refractivity (Wildman–Crippen MR) is 90.2 cm³/mol. The zero-order valence-corrected chi connectivity index (χ0v) is 13.1. The van der Waals surface area contributed by atoms with E-state index in [9.17, 15) is 0 Å². The van der Waals surface area contributed by atoms with E-state index in [0.29, 0.717) is 6.54 Å². The molecular weight excluding hydrogens is 266 g/mol. The van der Waals surface area contributed by atoms with Crippen molar-refractivity contribution in [1.82, 2.24) is 10.6 Å². The number of aliphatic imine (C=N–C) groups is 1. The molecule has 2 N–H and O–H groups in total. The molecule has 0 bridgehead atoms. The van der Waals surface area contributed by atoms with Crippen molar-refractivity contribution in [1.29, 1.82) is 0 Å². The zero-order valence-electron chi connectivity index (χ0n) is 12.3. The summed E-state index contributed by atoms with van der Waals surface area (Å²) in [5, 5.41) is 6.24. The van der Waals surface area contributed by atoms with E-state index >= 15 is 0 Å². The molecule has 0 radical (unpaired) electrons. The second kappa shape index (κ2) is 10.2. The quantitative estimate of drug-likeness (QED) is 0.350. The molecule has 108 valence electrons. The van der Waals surface area contributed by atoms with Gasteiger partial charge in [0.05, 0.1) is 13.1 Å². The number of hydrogen-bond donors (Lipinski definition) is 2. The number of rotatable bonds is 7. The highest BCUT2D eigenvalue weighted by molar-refractivity contribution is 7.98. The van der Waals surface area contributed by atoms with Crippen molar-refractivity contribution < 1.29 is 0 Å². The Hall–Kier alpha value is -1.60. The summed E-state index contributed by atoms with van der Waals surface area (Å²) in [4.78, 5) is 4.47. The van der Waals surface area contributed by atoms with Crippen molar-refractivity contribution in [3.05, 3.63) is 35.4 Å². The summed E-state index contributed by atoms with van der Waals surface area (Å²) >= 11 is 1.89. The molecule has 1 rings (SSSR count). The Morgan fingerprint density at radius 1 is 1.30 bits per heavy atom. The van der Waals surface area contributed by atoms with Crippen LogP contribution in [-0.4, -0.2) is 31.3 Å². The minimum Gasteiger partial charge on any atom is -0.357 e. The van der Waals surface area contributed by atoms with Gasteiger partial charge in [-0.05, 0) is 19.4 Å². The summed E-state index contributed by atoms with van der Waals surface area (Å²) in [7, 11) is 0. The summed E-state index contributed by atoms with van der Waals surface area (Å²) in [5.74, 6) is 5.37. The van der Waals surface area contributed by atoms with Crippen LogP contribution in [0.25, 0.3) is 0 Å². The standard InChI is InChI=1S/C16H23N3S/c1-4-10-18-16(17-5-2)19-11-12-20-13-15-8-6-14(3)7-9-15/h1,6-9H,5,10-13H2,2-3H3,(H2,17,18,19). The number of terminal acetylenes is 1. The monoisotopic (exact) mass is 289 g/mol. The summed E-state index contributed by atoms with van der Waals surface area (Å²) in [5.41, 5.74) is 2.67. The Labute approximate surface area is 126 Å². The largest absolute Gasteiger partial charge is 0.357 e. The van der Waals surface area contributed by atoms with Gasteiger partial charge >= 0.3 is 0 Å². The van der Waals surface area contributed by atoms with Gasteiger partial charge in [0.25, 0.3) is 0 Å². The maximum atomic E-state index is 5.22. The van der Waals surface area contributed by atoms with Crippen LogP contribution in [0, 0.1) is 19.3 Å². The number of aryl methyl sites for hydroxylation is 1. The first-order valence-corrected chi connectivity index (χ1v) is 8.00. The SMILES string of the molecule is C#CCNC(=NCCSCc1ccc(C)cc1)NCC. The second-order valence-corrected chi connectivity index (χ2v) is 5.46. The molecule has 1 aromatic carbocycles. The van der Waals surface area contributed by atoms with E-state index < -0.39 is 0 Å². The third-order valence-corrected chi connectivity index (χ3v) is 3.61. The van der Waals surface area contributed by atoms with Crippen LogP contribution in [0.4, 0.5) is 0 Å². The van der Waals surface area contributed by atoms with Crippen molar-refractivity contribution >= 4 is 17.7 Å². The average molecular weight is 289 g/mol. The Morgan fingerprint density at radius 3 is 2.70 bits per heavy atom. The molecule has 0 atom stereocenters. The number of benzene rings is 1. The van der Waals surface area contributed by atoms with Crippen LogP contribution in [-0.2, 0) is 5.75 Å².